The van der Waals surface area contributed by atoms with Crippen molar-refractivity contribution in [3.8, 4) is 6.07 Å². The Labute approximate surface area is 225 Å². The summed E-state index contributed by atoms with van der Waals surface area (Å²) in [5.74, 6) is 1.27. The maximum Gasteiger partial charge on any atom is 0.239 e. The number of carbonyl (C=O) groups is 2. The predicted octanol–water partition coefficient (Wildman–Crippen LogP) is 1.26. The van der Waals surface area contributed by atoms with Crippen LogP contribution in [0.1, 0.15) is 52.4 Å². The summed E-state index contributed by atoms with van der Waals surface area (Å²) in [5, 5.41) is 23.7. The number of methoxy groups -OCH3 is 1. The minimum atomic E-state index is -0.142. The standard InChI is InChI=1S/C27H44N6O3S/c1-15-4-6-21(30-11-15)26(35)33-13-22-24(14-33)37-27(31-22)32-25(34)20-12-29-16(2)8-18(20)19-9-17(10-28)5-7-23(19)36-3/h15-24,27,29-31H,4-9,11-14H2,1-3H3,(H,32,34). The number of hydrogen-bond donors (Lipinski definition) is 4. The number of nitrogens with one attached hydrogen (secondary N) is 4. The van der Waals surface area contributed by atoms with E-state index in [2.05, 4.69) is 41.2 Å². The molecular formula is C27H44N6O3S. The summed E-state index contributed by atoms with van der Waals surface area (Å²) in [7, 11) is 1.76. The van der Waals surface area contributed by atoms with E-state index < -0.39 is 0 Å². The number of nitrogens with zero attached hydrogens (tertiary/aromatic N) is 2. The van der Waals surface area contributed by atoms with Gasteiger partial charge in [-0.15, -0.1) is 11.8 Å². The van der Waals surface area contributed by atoms with Gasteiger partial charge in [0.1, 0.15) is 5.50 Å². The van der Waals surface area contributed by atoms with Crippen LogP contribution in [-0.2, 0) is 14.3 Å². The van der Waals surface area contributed by atoms with Crippen LogP contribution in [0.25, 0.3) is 0 Å². The van der Waals surface area contributed by atoms with Gasteiger partial charge in [-0.1, -0.05) is 6.92 Å². The van der Waals surface area contributed by atoms with Crippen molar-refractivity contribution in [3.63, 3.8) is 0 Å². The van der Waals surface area contributed by atoms with E-state index in [0.717, 1.165) is 51.6 Å². The van der Waals surface area contributed by atoms with Gasteiger partial charge >= 0.3 is 0 Å². The van der Waals surface area contributed by atoms with Crippen LogP contribution in [0.15, 0.2) is 0 Å². The van der Waals surface area contributed by atoms with Gasteiger partial charge in [-0.25, -0.2) is 0 Å². The molecular weight excluding hydrogens is 488 g/mol. The van der Waals surface area contributed by atoms with Crippen molar-refractivity contribution in [2.45, 2.75) is 87.3 Å². The Bertz CT molecular complexity index is 863. The monoisotopic (exact) mass is 532 g/mol. The molecule has 0 radical (unpaired) electrons. The lowest BCUT2D eigenvalue weighted by Gasteiger charge is -2.44. The minimum absolute atomic E-state index is 0.0506. The molecule has 5 aliphatic rings. The number of nitriles is 1. The smallest absolute Gasteiger partial charge is 0.239 e. The largest absolute Gasteiger partial charge is 0.381 e. The van der Waals surface area contributed by atoms with E-state index in [-0.39, 0.29) is 59.2 Å². The molecule has 4 heterocycles. The highest BCUT2D eigenvalue weighted by molar-refractivity contribution is 8.00. The molecule has 5 rings (SSSR count). The second-order valence-electron chi connectivity index (χ2n) is 12.1. The first-order valence-electron chi connectivity index (χ1n) is 14.3. The average Bonchev–Trinajstić information content (AvgIpc) is 3.47. The molecule has 9 nitrogen and oxygen atoms in total. The molecule has 0 aromatic rings. The van der Waals surface area contributed by atoms with Crippen LogP contribution < -0.4 is 21.3 Å². The number of carbonyl (C=O) groups excluding carboxylic acids is 2. The van der Waals surface area contributed by atoms with Crippen LogP contribution in [-0.4, -0.2) is 85.0 Å². The molecule has 0 aromatic carbocycles. The molecule has 11 atom stereocenters. The molecule has 1 saturated carbocycles. The molecule has 4 aliphatic heterocycles. The quantitative estimate of drug-likeness (QED) is 0.418. The van der Waals surface area contributed by atoms with E-state index in [1.807, 2.05) is 4.90 Å². The number of piperidine rings is 2. The predicted molar refractivity (Wildman–Crippen MR) is 143 cm³/mol. The lowest BCUT2D eigenvalue weighted by Crippen LogP contribution is -2.55. The molecule has 206 valence electrons. The van der Waals surface area contributed by atoms with Gasteiger partial charge in [0, 0.05) is 50.0 Å². The summed E-state index contributed by atoms with van der Waals surface area (Å²) in [4.78, 5) is 28.6. The third kappa shape index (κ3) is 5.96. The summed E-state index contributed by atoms with van der Waals surface area (Å²) in [6.07, 6.45) is 5.63. The van der Waals surface area contributed by atoms with Crippen molar-refractivity contribution in [1.82, 2.24) is 26.2 Å². The van der Waals surface area contributed by atoms with Gasteiger partial charge in [0.2, 0.25) is 11.8 Å². The van der Waals surface area contributed by atoms with Crippen molar-refractivity contribution in [1.29, 1.82) is 5.26 Å². The van der Waals surface area contributed by atoms with E-state index >= 15 is 0 Å². The lowest BCUT2D eigenvalue weighted by molar-refractivity contribution is -0.133. The summed E-state index contributed by atoms with van der Waals surface area (Å²) < 4.78 is 5.86. The van der Waals surface area contributed by atoms with E-state index in [4.69, 9.17) is 4.74 Å². The molecule has 4 N–H and O–H groups in total. The topological polar surface area (TPSA) is 119 Å². The van der Waals surface area contributed by atoms with Crippen molar-refractivity contribution < 1.29 is 14.3 Å². The fourth-order valence-electron chi connectivity index (χ4n) is 7.34. The normalized spacial score (nSPS) is 44.2. The van der Waals surface area contributed by atoms with Crippen LogP contribution in [0, 0.1) is 40.9 Å². The van der Waals surface area contributed by atoms with Crippen LogP contribution in [0.4, 0.5) is 0 Å². The highest BCUT2D eigenvalue weighted by Crippen LogP contribution is 2.42. The minimum Gasteiger partial charge on any atom is -0.381 e. The number of fused-ring (bicyclic) bond motifs is 1. The second kappa shape index (κ2) is 11.8. The molecule has 2 amide bonds. The fraction of sp³-hybridized carbons (Fsp3) is 0.889. The van der Waals surface area contributed by atoms with E-state index in [9.17, 15) is 14.9 Å². The number of likely N-dealkylation sites (tertiary alicyclic amines) is 1. The van der Waals surface area contributed by atoms with Gasteiger partial charge in [0.25, 0.3) is 0 Å². The zero-order chi connectivity index (χ0) is 26.1. The number of ether oxygens (including phenoxy) is 1. The zero-order valence-corrected chi connectivity index (χ0v) is 23.3. The fourth-order valence-corrected chi connectivity index (χ4v) is 8.74. The molecule has 0 bridgehead atoms. The Morgan fingerprint density at radius 1 is 1.05 bits per heavy atom. The molecule has 0 aromatic heterocycles. The van der Waals surface area contributed by atoms with Gasteiger partial charge in [-0.05, 0) is 69.7 Å². The van der Waals surface area contributed by atoms with E-state index in [1.165, 1.54) is 0 Å². The number of rotatable bonds is 5. The summed E-state index contributed by atoms with van der Waals surface area (Å²) in [6, 6.07) is 2.97. The summed E-state index contributed by atoms with van der Waals surface area (Å²) in [6.45, 7) is 7.41. The Hall–Kier alpha value is -1.38. The van der Waals surface area contributed by atoms with E-state index in [0.29, 0.717) is 30.3 Å². The second-order valence-corrected chi connectivity index (χ2v) is 13.5. The van der Waals surface area contributed by atoms with E-state index in [1.54, 1.807) is 18.9 Å². The van der Waals surface area contributed by atoms with Crippen LogP contribution in [0.2, 0.25) is 0 Å². The highest BCUT2D eigenvalue weighted by Gasteiger charge is 2.47. The van der Waals surface area contributed by atoms with Crippen LogP contribution in [0.3, 0.4) is 0 Å². The Balaban J connectivity index is 1.16. The summed E-state index contributed by atoms with van der Waals surface area (Å²) in [5.41, 5.74) is -0.134. The zero-order valence-electron chi connectivity index (χ0n) is 22.4. The number of amides is 2. The average molecular weight is 533 g/mol. The first kappa shape index (κ1) is 27.2. The van der Waals surface area contributed by atoms with Gasteiger partial charge in [0.15, 0.2) is 0 Å². The van der Waals surface area contributed by atoms with Crippen molar-refractivity contribution in [2.24, 2.45) is 29.6 Å². The van der Waals surface area contributed by atoms with Crippen molar-refractivity contribution in [2.75, 3.05) is 33.3 Å². The molecule has 37 heavy (non-hydrogen) atoms. The number of thioether (sulfide) groups is 1. The Kier molecular flexibility index (Phi) is 8.66. The molecule has 0 spiro atoms. The van der Waals surface area contributed by atoms with Crippen LogP contribution in [0.5, 0.6) is 0 Å². The van der Waals surface area contributed by atoms with Gasteiger partial charge in [-0.2, -0.15) is 5.26 Å². The van der Waals surface area contributed by atoms with Crippen LogP contribution >= 0.6 is 11.8 Å². The number of hydrogen-bond acceptors (Lipinski definition) is 8. The Morgan fingerprint density at radius 2 is 1.89 bits per heavy atom. The van der Waals surface area contributed by atoms with Crippen molar-refractivity contribution in [3.05, 3.63) is 0 Å². The lowest BCUT2D eigenvalue weighted by atomic mass is 9.66. The third-order valence-electron chi connectivity index (χ3n) is 9.52. The maximum absolute atomic E-state index is 13.6. The molecule has 5 fully saturated rings. The van der Waals surface area contributed by atoms with Gasteiger partial charge < -0.3 is 25.6 Å². The summed E-state index contributed by atoms with van der Waals surface area (Å²) >= 11 is 1.74. The molecule has 4 saturated heterocycles. The first-order valence-corrected chi connectivity index (χ1v) is 15.2. The highest BCUT2D eigenvalue weighted by atomic mass is 32.2. The molecule has 11 unspecified atom stereocenters. The first-order chi connectivity index (χ1) is 17.9. The van der Waals surface area contributed by atoms with Crippen molar-refractivity contribution >= 4 is 23.6 Å². The SMILES string of the molecule is COC1CCC(C#N)CC1C1CC(C)NCC1C(=O)NC1NC2CN(C(=O)C3CCC(C)CN3)CC2S1. The molecule has 1 aliphatic carbocycles. The van der Waals surface area contributed by atoms with Gasteiger partial charge in [0.05, 0.1) is 24.1 Å². The Morgan fingerprint density at radius 3 is 2.59 bits per heavy atom. The molecule has 10 heteroatoms. The van der Waals surface area contributed by atoms with Gasteiger partial charge in [-0.3, -0.25) is 14.9 Å². The maximum atomic E-state index is 13.6. The third-order valence-corrected chi connectivity index (χ3v) is 10.9.